The first-order valence-electron chi connectivity index (χ1n) is 6.15. The van der Waals surface area contributed by atoms with E-state index in [1.807, 2.05) is 43.3 Å². The topological polar surface area (TPSA) is 35.2 Å². The van der Waals surface area contributed by atoms with Crippen molar-refractivity contribution >= 4 is 43.5 Å². The highest BCUT2D eigenvalue weighted by Gasteiger charge is 2.17. The van der Waals surface area contributed by atoms with Crippen LogP contribution < -0.4 is 10.5 Å². The van der Waals surface area contributed by atoms with Gasteiger partial charge in [0.1, 0.15) is 5.75 Å². The van der Waals surface area contributed by atoms with E-state index >= 15 is 0 Å². The summed E-state index contributed by atoms with van der Waals surface area (Å²) in [5, 5.41) is 0.659. The molecule has 0 heterocycles. The van der Waals surface area contributed by atoms with E-state index in [0.717, 1.165) is 25.8 Å². The van der Waals surface area contributed by atoms with Crippen LogP contribution in [0.15, 0.2) is 45.3 Å². The van der Waals surface area contributed by atoms with Gasteiger partial charge in [-0.3, -0.25) is 0 Å². The molecule has 2 N–H and O–H groups in total. The van der Waals surface area contributed by atoms with E-state index in [9.17, 15) is 0 Å². The maximum absolute atomic E-state index is 6.40. The van der Waals surface area contributed by atoms with E-state index in [1.54, 1.807) is 0 Å². The lowest BCUT2D eigenvalue weighted by atomic mass is 9.99. The fraction of sp³-hybridized carbons (Fsp3) is 0.200. The van der Waals surface area contributed by atoms with E-state index in [0.29, 0.717) is 11.6 Å². The third-order valence-electron chi connectivity index (χ3n) is 2.90. The highest BCUT2D eigenvalue weighted by molar-refractivity contribution is 9.10. The zero-order chi connectivity index (χ0) is 14.7. The SMILES string of the molecule is CCOc1ccc(Br)cc1C(N)c1cc(Cl)ccc1Br. The molecule has 0 amide bonds. The van der Waals surface area contributed by atoms with Gasteiger partial charge in [-0.25, -0.2) is 0 Å². The minimum atomic E-state index is -0.317. The number of hydrogen-bond acceptors (Lipinski definition) is 2. The average molecular weight is 420 g/mol. The summed E-state index contributed by atoms with van der Waals surface area (Å²) in [6.07, 6.45) is 0. The van der Waals surface area contributed by atoms with Crippen LogP contribution in [0.2, 0.25) is 5.02 Å². The molecule has 2 rings (SSSR count). The van der Waals surface area contributed by atoms with Gasteiger partial charge in [-0.1, -0.05) is 43.5 Å². The molecule has 1 unspecified atom stereocenters. The van der Waals surface area contributed by atoms with Gasteiger partial charge >= 0.3 is 0 Å². The van der Waals surface area contributed by atoms with Gasteiger partial charge in [-0.15, -0.1) is 0 Å². The predicted molar refractivity (Wildman–Crippen MR) is 90.5 cm³/mol. The molecular weight excluding hydrogens is 405 g/mol. The van der Waals surface area contributed by atoms with E-state index in [4.69, 9.17) is 22.1 Å². The average Bonchev–Trinajstić information content (AvgIpc) is 2.43. The summed E-state index contributed by atoms with van der Waals surface area (Å²) in [4.78, 5) is 0. The monoisotopic (exact) mass is 417 g/mol. The second-order valence-corrected chi connectivity index (χ2v) is 6.47. The van der Waals surface area contributed by atoms with Crippen LogP contribution in [0.4, 0.5) is 0 Å². The first kappa shape index (κ1) is 15.8. The standard InChI is InChI=1S/C15H14Br2ClNO/c1-2-20-14-6-3-9(16)7-12(14)15(19)11-8-10(18)4-5-13(11)17/h3-8,15H,2,19H2,1H3. The third-order valence-corrected chi connectivity index (χ3v) is 4.35. The Bertz CT molecular complexity index is 619. The van der Waals surface area contributed by atoms with Crippen LogP contribution in [0.25, 0.3) is 0 Å². The number of ether oxygens (including phenoxy) is 1. The molecule has 5 heteroatoms. The van der Waals surface area contributed by atoms with Gasteiger partial charge in [0.2, 0.25) is 0 Å². The van der Waals surface area contributed by atoms with Gasteiger partial charge in [0.25, 0.3) is 0 Å². The first-order valence-corrected chi connectivity index (χ1v) is 8.12. The van der Waals surface area contributed by atoms with Gasteiger partial charge < -0.3 is 10.5 Å². The normalized spacial score (nSPS) is 12.2. The number of nitrogens with two attached hydrogens (primary N) is 1. The van der Waals surface area contributed by atoms with Crippen molar-refractivity contribution in [1.82, 2.24) is 0 Å². The van der Waals surface area contributed by atoms with Crippen LogP contribution in [0.5, 0.6) is 5.75 Å². The van der Waals surface area contributed by atoms with Crippen molar-refractivity contribution in [3.63, 3.8) is 0 Å². The van der Waals surface area contributed by atoms with E-state index in [2.05, 4.69) is 31.9 Å². The van der Waals surface area contributed by atoms with Crippen molar-refractivity contribution < 1.29 is 4.74 Å². The van der Waals surface area contributed by atoms with E-state index in [1.165, 1.54) is 0 Å². The van der Waals surface area contributed by atoms with Crippen LogP contribution in [0, 0.1) is 0 Å². The lowest BCUT2D eigenvalue weighted by Gasteiger charge is -2.19. The molecule has 0 aromatic heterocycles. The smallest absolute Gasteiger partial charge is 0.124 e. The zero-order valence-electron chi connectivity index (χ0n) is 10.9. The van der Waals surface area contributed by atoms with Crippen LogP contribution in [0.3, 0.4) is 0 Å². The Labute approximate surface area is 140 Å². The number of benzene rings is 2. The molecule has 20 heavy (non-hydrogen) atoms. The van der Waals surface area contributed by atoms with Crippen LogP contribution >= 0.6 is 43.5 Å². The second-order valence-electron chi connectivity index (χ2n) is 4.26. The van der Waals surface area contributed by atoms with Crippen molar-refractivity contribution in [2.24, 2.45) is 5.73 Å². The van der Waals surface area contributed by atoms with Gasteiger partial charge in [0.05, 0.1) is 12.6 Å². The van der Waals surface area contributed by atoms with E-state index < -0.39 is 0 Å². The van der Waals surface area contributed by atoms with Crippen molar-refractivity contribution in [2.75, 3.05) is 6.61 Å². The summed E-state index contributed by atoms with van der Waals surface area (Å²) in [5.74, 6) is 0.787. The minimum absolute atomic E-state index is 0.317. The number of halogens is 3. The van der Waals surface area contributed by atoms with Crippen molar-refractivity contribution in [1.29, 1.82) is 0 Å². The Balaban J connectivity index is 2.49. The lowest BCUT2D eigenvalue weighted by molar-refractivity contribution is 0.335. The van der Waals surface area contributed by atoms with Gasteiger partial charge in [-0.2, -0.15) is 0 Å². The zero-order valence-corrected chi connectivity index (χ0v) is 14.8. The van der Waals surface area contributed by atoms with Gasteiger partial charge in [0.15, 0.2) is 0 Å². The summed E-state index contributed by atoms with van der Waals surface area (Å²) in [5.41, 5.74) is 8.24. The quantitative estimate of drug-likeness (QED) is 0.729. The van der Waals surface area contributed by atoms with E-state index in [-0.39, 0.29) is 6.04 Å². The summed E-state index contributed by atoms with van der Waals surface area (Å²) >= 11 is 13.1. The molecule has 0 bridgehead atoms. The molecule has 106 valence electrons. The molecule has 0 saturated heterocycles. The Morgan fingerprint density at radius 1 is 1.15 bits per heavy atom. The molecular formula is C15H14Br2ClNO. The Kier molecular flexibility index (Phi) is 5.49. The molecule has 0 saturated carbocycles. The Morgan fingerprint density at radius 2 is 1.90 bits per heavy atom. The van der Waals surface area contributed by atoms with Gasteiger partial charge in [0, 0.05) is 19.5 Å². The number of rotatable bonds is 4. The predicted octanol–water partition coefficient (Wildman–Crippen LogP) is 5.31. The van der Waals surface area contributed by atoms with Crippen molar-refractivity contribution in [2.45, 2.75) is 13.0 Å². The van der Waals surface area contributed by atoms with Crippen molar-refractivity contribution in [3.8, 4) is 5.75 Å². The lowest BCUT2D eigenvalue weighted by Crippen LogP contribution is -2.14. The first-order chi connectivity index (χ1) is 9.52. The molecule has 2 aromatic rings. The Morgan fingerprint density at radius 3 is 2.60 bits per heavy atom. The Hall–Kier alpha value is -0.550. The minimum Gasteiger partial charge on any atom is -0.494 e. The summed E-state index contributed by atoms with van der Waals surface area (Å²) in [6, 6.07) is 11.1. The summed E-state index contributed by atoms with van der Waals surface area (Å²) < 4.78 is 7.55. The highest BCUT2D eigenvalue weighted by atomic mass is 79.9. The highest BCUT2D eigenvalue weighted by Crippen LogP contribution is 2.35. The second kappa shape index (κ2) is 6.94. The molecule has 0 aliphatic rings. The van der Waals surface area contributed by atoms with Crippen LogP contribution in [-0.4, -0.2) is 6.61 Å². The van der Waals surface area contributed by atoms with Crippen LogP contribution in [-0.2, 0) is 0 Å². The van der Waals surface area contributed by atoms with Crippen molar-refractivity contribution in [3.05, 3.63) is 61.5 Å². The summed E-state index contributed by atoms with van der Waals surface area (Å²) in [6.45, 7) is 2.55. The third kappa shape index (κ3) is 3.55. The molecule has 0 aliphatic heterocycles. The number of hydrogen-bond donors (Lipinski definition) is 1. The van der Waals surface area contributed by atoms with Crippen LogP contribution in [0.1, 0.15) is 24.1 Å². The van der Waals surface area contributed by atoms with Gasteiger partial charge in [-0.05, 0) is 48.9 Å². The maximum atomic E-state index is 6.40. The molecule has 1 atom stereocenters. The maximum Gasteiger partial charge on any atom is 0.124 e. The molecule has 0 spiro atoms. The summed E-state index contributed by atoms with van der Waals surface area (Å²) in [7, 11) is 0. The molecule has 0 aliphatic carbocycles. The largest absolute Gasteiger partial charge is 0.494 e. The fourth-order valence-electron chi connectivity index (χ4n) is 1.97. The molecule has 2 nitrogen and oxygen atoms in total. The molecule has 2 aromatic carbocycles. The molecule has 0 radical (unpaired) electrons. The fourth-order valence-corrected chi connectivity index (χ4v) is 3.02. The molecule has 0 fully saturated rings.